The van der Waals surface area contributed by atoms with E-state index in [2.05, 4.69) is 49.4 Å². The normalized spacial score (nSPS) is 24.1. The first-order valence-electron chi connectivity index (χ1n) is 12.4. The first-order chi connectivity index (χ1) is 17.8. The SMILES string of the molecule is COc1c(C2C(C(=O)Nc3cnnc(CO[Si](C)(C)C(C)(C)C)c3)OC(C)(C(F)(F)F)C2C)ccc(F)c1F. The molecule has 0 saturated carbocycles. The number of hydrogen-bond donors (Lipinski definition) is 1. The van der Waals surface area contributed by atoms with Crippen LogP contribution in [0.3, 0.4) is 0 Å². The molecule has 0 radical (unpaired) electrons. The molecule has 4 unspecified atom stereocenters. The van der Waals surface area contributed by atoms with Crippen molar-refractivity contribution in [3.8, 4) is 5.75 Å². The van der Waals surface area contributed by atoms with E-state index in [0.717, 1.165) is 26.2 Å². The summed E-state index contributed by atoms with van der Waals surface area (Å²) in [6.45, 7) is 12.6. The number of alkyl halides is 3. The first-order valence-corrected chi connectivity index (χ1v) is 15.3. The maximum atomic E-state index is 14.5. The van der Waals surface area contributed by atoms with Crippen LogP contribution in [0.2, 0.25) is 18.1 Å². The number of methoxy groups -OCH3 is 1. The van der Waals surface area contributed by atoms with Crippen LogP contribution in [0, 0.1) is 17.6 Å². The predicted molar refractivity (Wildman–Crippen MR) is 137 cm³/mol. The Labute approximate surface area is 225 Å². The Morgan fingerprint density at radius 2 is 1.85 bits per heavy atom. The lowest BCUT2D eigenvalue weighted by molar-refractivity contribution is -0.272. The summed E-state index contributed by atoms with van der Waals surface area (Å²) in [6, 6.07) is 3.39. The largest absolute Gasteiger partial charge is 0.493 e. The van der Waals surface area contributed by atoms with E-state index in [1.54, 1.807) is 0 Å². The van der Waals surface area contributed by atoms with Crippen LogP contribution >= 0.6 is 0 Å². The van der Waals surface area contributed by atoms with Gasteiger partial charge in [-0.05, 0) is 37.2 Å². The van der Waals surface area contributed by atoms with E-state index in [-0.39, 0.29) is 22.9 Å². The lowest BCUT2D eigenvalue weighted by Gasteiger charge is -2.35. The molecular weight excluding hydrogens is 541 g/mol. The number of anilines is 1. The summed E-state index contributed by atoms with van der Waals surface area (Å²) in [4.78, 5) is 13.4. The Balaban J connectivity index is 1.94. The highest BCUT2D eigenvalue weighted by Gasteiger charge is 2.66. The maximum absolute atomic E-state index is 14.5. The summed E-state index contributed by atoms with van der Waals surface area (Å²) in [6.07, 6.45) is -5.34. The van der Waals surface area contributed by atoms with E-state index in [4.69, 9.17) is 13.9 Å². The van der Waals surface area contributed by atoms with Crippen LogP contribution in [0.25, 0.3) is 0 Å². The number of rotatable bonds is 7. The molecule has 39 heavy (non-hydrogen) atoms. The van der Waals surface area contributed by atoms with Gasteiger partial charge in [0.1, 0.15) is 6.10 Å². The third kappa shape index (κ3) is 5.94. The van der Waals surface area contributed by atoms with E-state index in [9.17, 15) is 26.7 Å². The minimum atomic E-state index is -4.86. The fourth-order valence-corrected chi connectivity index (χ4v) is 5.22. The van der Waals surface area contributed by atoms with Crippen molar-refractivity contribution in [1.82, 2.24) is 10.2 Å². The van der Waals surface area contributed by atoms with Gasteiger partial charge in [-0.3, -0.25) is 4.79 Å². The highest BCUT2D eigenvalue weighted by Crippen LogP contribution is 2.55. The summed E-state index contributed by atoms with van der Waals surface area (Å²) >= 11 is 0. The van der Waals surface area contributed by atoms with Crippen LogP contribution in [0.4, 0.5) is 27.6 Å². The lowest BCUT2D eigenvalue weighted by atomic mass is 9.77. The number of halogens is 5. The number of nitrogens with zero attached hydrogens (tertiary/aromatic N) is 2. The van der Waals surface area contributed by atoms with Gasteiger partial charge in [0, 0.05) is 17.4 Å². The molecule has 1 fully saturated rings. The maximum Gasteiger partial charge on any atom is 0.417 e. The molecule has 1 aromatic carbocycles. The molecule has 0 aliphatic carbocycles. The zero-order valence-corrected chi connectivity index (χ0v) is 24.2. The summed E-state index contributed by atoms with van der Waals surface area (Å²) < 4.78 is 87.4. The molecular formula is C26H34F5N3O4Si. The van der Waals surface area contributed by atoms with Gasteiger partial charge in [-0.2, -0.15) is 27.8 Å². The Morgan fingerprint density at radius 1 is 1.21 bits per heavy atom. The number of aromatic nitrogens is 2. The summed E-state index contributed by atoms with van der Waals surface area (Å²) in [5, 5.41) is 10.4. The standard InChI is InChI=1S/C26H34F5N3O4Si/c1-14-19(17-9-10-18(27)20(28)21(17)36-6)22(38-25(14,5)26(29,30)31)23(35)33-15-11-16(34-32-12-15)13-37-39(7,8)24(2,3)4/h9-12,14,19,22H,13H2,1-8H3,(H,33,34,35). The molecule has 1 N–H and O–H groups in total. The van der Waals surface area contributed by atoms with Gasteiger partial charge in [-0.15, -0.1) is 0 Å². The van der Waals surface area contributed by atoms with Gasteiger partial charge in [0.05, 0.1) is 31.3 Å². The number of benzene rings is 1. The van der Waals surface area contributed by atoms with Crippen molar-refractivity contribution in [3.63, 3.8) is 0 Å². The summed E-state index contributed by atoms with van der Waals surface area (Å²) in [5.74, 6) is -6.80. The zero-order chi connectivity index (χ0) is 29.6. The number of carbonyl (C=O) groups is 1. The molecule has 4 atom stereocenters. The fourth-order valence-electron chi connectivity index (χ4n) is 4.27. The smallest absolute Gasteiger partial charge is 0.417 e. The van der Waals surface area contributed by atoms with E-state index in [0.29, 0.717) is 5.69 Å². The van der Waals surface area contributed by atoms with Gasteiger partial charge in [0.2, 0.25) is 5.82 Å². The second-order valence-electron chi connectivity index (χ2n) is 11.4. The van der Waals surface area contributed by atoms with Gasteiger partial charge in [0.15, 0.2) is 25.5 Å². The molecule has 1 saturated heterocycles. The van der Waals surface area contributed by atoms with Crippen LogP contribution < -0.4 is 10.1 Å². The first kappa shape index (κ1) is 30.9. The molecule has 216 valence electrons. The van der Waals surface area contributed by atoms with Crippen LogP contribution in [0.5, 0.6) is 5.75 Å². The zero-order valence-electron chi connectivity index (χ0n) is 23.2. The molecule has 1 aromatic heterocycles. The number of hydrogen-bond acceptors (Lipinski definition) is 6. The van der Waals surface area contributed by atoms with Gasteiger partial charge in [-0.25, -0.2) is 4.39 Å². The Kier molecular flexibility index (Phi) is 8.50. The van der Waals surface area contributed by atoms with E-state index >= 15 is 0 Å². The van der Waals surface area contributed by atoms with E-state index in [1.165, 1.54) is 19.2 Å². The molecule has 0 spiro atoms. The Bertz CT molecular complexity index is 1220. The average molecular weight is 576 g/mol. The van der Waals surface area contributed by atoms with Crippen molar-refractivity contribution >= 4 is 19.9 Å². The minimum absolute atomic E-state index is 0.0518. The van der Waals surface area contributed by atoms with Crippen molar-refractivity contribution in [2.24, 2.45) is 5.92 Å². The number of ether oxygens (including phenoxy) is 2. The van der Waals surface area contributed by atoms with Gasteiger partial charge in [0.25, 0.3) is 5.91 Å². The van der Waals surface area contributed by atoms with Gasteiger partial charge >= 0.3 is 6.18 Å². The fraction of sp³-hybridized carbons (Fsp3) is 0.577. The third-order valence-corrected chi connectivity index (χ3v) is 12.4. The average Bonchev–Trinajstić information content (AvgIpc) is 3.11. The second-order valence-corrected chi connectivity index (χ2v) is 16.2. The van der Waals surface area contributed by atoms with Crippen molar-refractivity contribution < 1.29 is 40.6 Å². The monoisotopic (exact) mass is 575 g/mol. The lowest BCUT2D eigenvalue weighted by Crippen LogP contribution is -2.47. The molecule has 1 amide bonds. The second kappa shape index (κ2) is 10.7. The molecule has 7 nitrogen and oxygen atoms in total. The topological polar surface area (TPSA) is 82.6 Å². The molecule has 13 heteroatoms. The van der Waals surface area contributed by atoms with E-state index in [1.807, 2.05) is 0 Å². The summed E-state index contributed by atoms with van der Waals surface area (Å²) in [5.41, 5.74) is -2.30. The molecule has 2 heterocycles. The Morgan fingerprint density at radius 3 is 2.41 bits per heavy atom. The highest BCUT2D eigenvalue weighted by molar-refractivity contribution is 6.74. The number of nitrogens with one attached hydrogen (secondary N) is 1. The van der Waals surface area contributed by atoms with Crippen LogP contribution in [-0.4, -0.2) is 49.4 Å². The number of amides is 1. The highest BCUT2D eigenvalue weighted by atomic mass is 28.4. The van der Waals surface area contributed by atoms with Crippen LogP contribution in [0.1, 0.15) is 51.8 Å². The molecule has 2 aromatic rings. The van der Waals surface area contributed by atoms with Crippen LogP contribution in [0.15, 0.2) is 24.4 Å². The Hall–Kier alpha value is -2.64. The van der Waals surface area contributed by atoms with Crippen molar-refractivity contribution in [3.05, 3.63) is 47.3 Å². The van der Waals surface area contributed by atoms with E-state index < -0.39 is 61.3 Å². The van der Waals surface area contributed by atoms with Crippen LogP contribution in [-0.2, 0) is 20.6 Å². The van der Waals surface area contributed by atoms with Crippen molar-refractivity contribution in [2.75, 3.05) is 12.4 Å². The van der Waals surface area contributed by atoms with Gasteiger partial charge in [-0.1, -0.05) is 33.8 Å². The predicted octanol–water partition coefficient (Wildman–Crippen LogP) is 6.36. The molecule has 1 aliphatic rings. The summed E-state index contributed by atoms with van der Waals surface area (Å²) in [7, 11) is -1.05. The quantitative estimate of drug-likeness (QED) is 0.306. The van der Waals surface area contributed by atoms with Crippen molar-refractivity contribution in [1.29, 1.82) is 0 Å². The molecule has 1 aliphatic heterocycles. The van der Waals surface area contributed by atoms with Gasteiger partial charge < -0.3 is 19.2 Å². The molecule has 3 rings (SSSR count). The van der Waals surface area contributed by atoms with Crippen molar-refractivity contribution in [2.45, 2.75) is 83.2 Å². The molecule has 0 bridgehead atoms. The number of carbonyl (C=O) groups excluding carboxylic acids is 1. The third-order valence-electron chi connectivity index (χ3n) is 7.93. The minimum Gasteiger partial charge on any atom is -0.493 e.